The number of H-pyrrole nitrogens is 1. The number of hydrogen-bond donors (Lipinski definition) is 1. The second-order valence-corrected chi connectivity index (χ2v) is 5.69. The van der Waals surface area contributed by atoms with Crippen LogP contribution in [0.5, 0.6) is 0 Å². The molecule has 1 fully saturated rings. The summed E-state index contributed by atoms with van der Waals surface area (Å²) in [6.45, 7) is 2.14. The summed E-state index contributed by atoms with van der Waals surface area (Å²) in [7, 11) is 0. The van der Waals surface area contributed by atoms with Crippen LogP contribution < -0.4 is 0 Å². The van der Waals surface area contributed by atoms with Gasteiger partial charge in [-0.15, -0.1) is 0 Å². The first-order valence-corrected chi connectivity index (χ1v) is 7.23. The summed E-state index contributed by atoms with van der Waals surface area (Å²) in [6, 6.07) is 0.604. The highest BCUT2D eigenvalue weighted by Crippen LogP contribution is 2.36. The summed E-state index contributed by atoms with van der Waals surface area (Å²) in [5.74, 6) is 0. The second kappa shape index (κ2) is 4.74. The zero-order chi connectivity index (χ0) is 10.8. The molecule has 2 atom stereocenters. The third-order valence-corrected chi connectivity index (χ3v) is 4.78. The third-order valence-electron chi connectivity index (χ3n) is 3.31. The van der Waals surface area contributed by atoms with Crippen molar-refractivity contribution in [3.63, 3.8) is 0 Å². The first kappa shape index (κ1) is 11.3. The maximum absolute atomic E-state index is 5.35. The minimum atomic E-state index is 0.604. The van der Waals surface area contributed by atoms with Crippen molar-refractivity contribution in [1.82, 2.24) is 9.55 Å². The predicted octanol–water partition coefficient (Wildman–Crippen LogP) is 3.70. The van der Waals surface area contributed by atoms with Gasteiger partial charge in [0, 0.05) is 23.2 Å². The number of hydrogen-bond acceptors (Lipinski definition) is 2. The molecule has 1 aromatic heterocycles. The first-order valence-electron chi connectivity index (χ1n) is 5.53. The molecule has 2 unspecified atom stereocenters. The molecular formula is C11H18N2S2. The largest absolute Gasteiger partial charge is 0.337 e. The molecule has 1 aliphatic carbocycles. The molecule has 0 radical (unpaired) electrons. The molecule has 0 spiro atoms. The molecule has 0 aromatic carbocycles. The number of thioether (sulfide) groups is 1. The number of rotatable bonds is 2. The SMILES string of the molecule is CSC1CCCCC1n1c(C)c[nH]c1=S. The molecule has 1 saturated carbocycles. The van der Waals surface area contributed by atoms with Gasteiger partial charge < -0.3 is 9.55 Å². The number of aromatic nitrogens is 2. The van der Waals surface area contributed by atoms with E-state index in [1.165, 1.54) is 31.4 Å². The van der Waals surface area contributed by atoms with Crippen molar-refractivity contribution in [2.75, 3.05) is 6.26 Å². The second-order valence-electron chi connectivity index (χ2n) is 4.23. The molecule has 1 heterocycles. The monoisotopic (exact) mass is 242 g/mol. The summed E-state index contributed by atoms with van der Waals surface area (Å²) in [5, 5.41) is 0.736. The van der Waals surface area contributed by atoms with Crippen LogP contribution >= 0.6 is 24.0 Å². The Labute approximate surface area is 100 Å². The van der Waals surface area contributed by atoms with E-state index < -0.39 is 0 Å². The molecule has 1 aliphatic rings. The lowest BCUT2D eigenvalue weighted by atomic mass is 9.94. The van der Waals surface area contributed by atoms with Gasteiger partial charge in [0.25, 0.3) is 0 Å². The summed E-state index contributed by atoms with van der Waals surface area (Å²) in [5.41, 5.74) is 1.27. The Bertz CT molecular complexity index is 380. The van der Waals surface area contributed by atoms with Crippen LogP contribution in [0.2, 0.25) is 0 Å². The maximum atomic E-state index is 5.35. The zero-order valence-corrected chi connectivity index (χ0v) is 11.0. The molecule has 15 heavy (non-hydrogen) atoms. The van der Waals surface area contributed by atoms with Crippen LogP contribution in [-0.2, 0) is 0 Å². The Kier molecular flexibility index (Phi) is 3.57. The minimum Gasteiger partial charge on any atom is -0.337 e. The number of imidazole rings is 1. The zero-order valence-electron chi connectivity index (χ0n) is 9.32. The number of aryl methyl sites for hydroxylation is 1. The Morgan fingerprint density at radius 1 is 1.47 bits per heavy atom. The van der Waals surface area contributed by atoms with Crippen molar-refractivity contribution in [2.45, 2.75) is 43.9 Å². The Balaban J connectivity index is 2.32. The lowest BCUT2D eigenvalue weighted by Crippen LogP contribution is -2.26. The molecular weight excluding hydrogens is 224 g/mol. The van der Waals surface area contributed by atoms with Gasteiger partial charge >= 0.3 is 0 Å². The van der Waals surface area contributed by atoms with Crippen LogP contribution in [-0.4, -0.2) is 21.1 Å². The Hall–Kier alpha value is -0.220. The summed E-state index contributed by atoms with van der Waals surface area (Å²) < 4.78 is 3.20. The normalized spacial score (nSPS) is 26.8. The average molecular weight is 242 g/mol. The molecule has 4 heteroatoms. The lowest BCUT2D eigenvalue weighted by Gasteiger charge is -2.32. The van der Waals surface area contributed by atoms with E-state index in [-0.39, 0.29) is 0 Å². The van der Waals surface area contributed by atoms with Crippen LogP contribution in [0.1, 0.15) is 37.4 Å². The van der Waals surface area contributed by atoms with E-state index >= 15 is 0 Å². The van der Waals surface area contributed by atoms with E-state index in [0.29, 0.717) is 6.04 Å². The fourth-order valence-electron chi connectivity index (χ4n) is 2.53. The van der Waals surface area contributed by atoms with Gasteiger partial charge in [0.2, 0.25) is 0 Å². The van der Waals surface area contributed by atoms with E-state index in [1.807, 2.05) is 18.0 Å². The smallest absolute Gasteiger partial charge is 0.177 e. The van der Waals surface area contributed by atoms with Crippen LogP contribution in [0.3, 0.4) is 0 Å². The molecule has 0 bridgehead atoms. The van der Waals surface area contributed by atoms with Crippen molar-refractivity contribution in [2.24, 2.45) is 0 Å². The number of nitrogens with one attached hydrogen (secondary N) is 1. The van der Waals surface area contributed by atoms with Gasteiger partial charge in [-0.25, -0.2) is 0 Å². The quantitative estimate of drug-likeness (QED) is 0.798. The molecule has 0 amide bonds. The summed E-state index contributed by atoms with van der Waals surface area (Å²) in [6.07, 6.45) is 9.56. The predicted molar refractivity (Wildman–Crippen MR) is 69.2 cm³/mol. The van der Waals surface area contributed by atoms with Crippen molar-refractivity contribution < 1.29 is 0 Å². The topological polar surface area (TPSA) is 20.7 Å². The van der Waals surface area contributed by atoms with Gasteiger partial charge in [-0.2, -0.15) is 11.8 Å². The van der Waals surface area contributed by atoms with E-state index in [2.05, 4.69) is 22.7 Å². The highest BCUT2D eigenvalue weighted by Gasteiger charge is 2.26. The van der Waals surface area contributed by atoms with E-state index in [9.17, 15) is 0 Å². The Morgan fingerprint density at radius 2 is 2.20 bits per heavy atom. The van der Waals surface area contributed by atoms with E-state index in [0.717, 1.165) is 10.0 Å². The minimum absolute atomic E-state index is 0.604. The third kappa shape index (κ3) is 2.16. The molecule has 0 aliphatic heterocycles. The summed E-state index contributed by atoms with van der Waals surface area (Å²) in [4.78, 5) is 3.15. The molecule has 84 valence electrons. The van der Waals surface area contributed by atoms with Crippen LogP contribution in [0.25, 0.3) is 0 Å². The van der Waals surface area contributed by atoms with Gasteiger partial charge in [0.05, 0.1) is 0 Å². The van der Waals surface area contributed by atoms with Gasteiger partial charge in [0.15, 0.2) is 4.77 Å². The van der Waals surface area contributed by atoms with Crippen molar-refractivity contribution in [1.29, 1.82) is 0 Å². The van der Waals surface area contributed by atoms with E-state index in [4.69, 9.17) is 12.2 Å². The summed E-state index contributed by atoms with van der Waals surface area (Å²) >= 11 is 7.34. The van der Waals surface area contributed by atoms with Crippen LogP contribution in [0.15, 0.2) is 6.20 Å². The molecule has 1 N–H and O–H groups in total. The molecule has 2 nitrogen and oxygen atoms in total. The highest BCUT2D eigenvalue weighted by molar-refractivity contribution is 7.99. The van der Waals surface area contributed by atoms with Gasteiger partial charge in [0.1, 0.15) is 0 Å². The fourth-order valence-corrected chi connectivity index (χ4v) is 3.84. The van der Waals surface area contributed by atoms with Gasteiger partial charge in [-0.1, -0.05) is 12.8 Å². The van der Waals surface area contributed by atoms with E-state index in [1.54, 1.807) is 0 Å². The number of nitrogens with zero attached hydrogens (tertiary/aromatic N) is 1. The highest BCUT2D eigenvalue weighted by atomic mass is 32.2. The Morgan fingerprint density at radius 3 is 2.80 bits per heavy atom. The standard InChI is InChI=1S/C11H18N2S2/c1-8-7-12-11(14)13(8)9-5-3-4-6-10(9)15-2/h7,9-10H,3-6H2,1-2H3,(H,12,14). The van der Waals surface area contributed by atoms with Crippen LogP contribution in [0.4, 0.5) is 0 Å². The van der Waals surface area contributed by atoms with Gasteiger partial charge in [-0.05, 0) is 38.2 Å². The molecule has 1 aromatic rings. The van der Waals surface area contributed by atoms with Crippen LogP contribution in [0, 0.1) is 11.7 Å². The lowest BCUT2D eigenvalue weighted by molar-refractivity contribution is 0.358. The number of aromatic amines is 1. The average Bonchev–Trinajstić information content (AvgIpc) is 2.59. The van der Waals surface area contributed by atoms with Crippen molar-refractivity contribution in [3.05, 3.63) is 16.7 Å². The molecule has 2 rings (SSSR count). The molecule has 0 saturated heterocycles. The van der Waals surface area contributed by atoms with Crippen molar-refractivity contribution in [3.8, 4) is 0 Å². The van der Waals surface area contributed by atoms with Crippen molar-refractivity contribution >= 4 is 24.0 Å². The van der Waals surface area contributed by atoms with Gasteiger partial charge in [-0.3, -0.25) is 0 Å². The maximum Gasteiger partial charge on any atom is 0.177 e. The first-order chi connectivity index (χ1) is 7.24. The fraction of sp³-hybridized carbons (Fsp3) is 0.727.